The Labute approximate surface area is 107 Å². The molecule has 0 aromatic heterocycles. The lowest BCUT2D eigenvalue weighted by Gasteiger charge is -2.32. The van der Waals surface area contributed by atoms with Crippen LogP contribution < -0.4 is 4.74 Å². The summed E-state index contributed by atoms with van der Waals surface area (Å²) in [6, 6.07) is 5.97. The van der Waals surface area contributed by atoms with Gasteiger partial charge in [-0.15, -0.1) is 0 Å². The minimum Gasteiger partial charge on any atom is -0.488 e. The van der Waals surface area contributed by atoms with Gasteiger partial charge in [-0.2, -0.15) is 0 Å². The predicted octanol–water partition coefficient (Wildman–Crippen LogP) is 2.98. The molecule has 1 aliphatic heterocycles. The second kappa shape index (κ2) is 4.84. The summed E-state index contributed by atoms with van der Waals surface area (Å²) in [6.45, 7) is 4.20. The van der Waals surface area contributed by atoms with E-state index in [2.05, 4.69) is 24.7 Å². The lowest BCUT2D eigenvalue weighted by molar-refractivity contribution is -0.134. The summed E-state index contributed by atoms with van der Waals surface area (Å²) in [5.74, 6) is 0.603. The Morgan fingerprint density at radius 2 is 2.22 bits per heavy atom. The minimum atomic E-state index is -0.342. The first kappa shape index (κ1) is 12.7. The first-order chi connectivity index (χ1) is 8.50. The summed E-state index contributed by atoms with van der Waals surface area (Å²) in [5, 5.41) is 0. The number of hydrogen-bond donors (Lipinski definition) is 0. The van der Waals surface area contributed by atoms with E-state index in [1.54, 1.807) is 6.08 Å². The molecule has 0 unspecified atom stereocenters. The highest BCUT2D eigenvalue weighted by atomic mass is 16.5. The topological polar surface area (TPSA) is 35.5 Å². The zero-order valence-corrected chi connectivity index (χ0v) is 11.0. The van der Waals surface area contributed by atoms with Gasteiger partial charge < -0.3 is 9.47 Å². The van der Waals surface area contributed by atoms with Crippen molar-refractivity contribution in [1.29, 1.82) is 0 Å². The van der Waals surface area contributed by atoms with Crippen LogP contribution in [0.15, 0.2) is 24.3 Å². The highest BCUT2D eigenvalue weighted by Crippen LogP contribution is 2.33. The van der Waals surface area contributed by atoms with Crippen LogP contribution in [0.2, 0.25) is 0 Å². The van der Waals surface area contributed by atoms with Gasteiger partial charge in [-0.25, -0.2) is 4.79 Å². The Kier molecular flexibility index (Phi) is 3.41. The highest BCUT2D eigenvalue weighted by molar-refractivity contribution is 5.87. The smallest absolute Gasteiger partial charge is 0.330 e. The fourth-order valence-electron chi connectivity index (χ4n) is 2.01. The Hall–Kier alpha value is -1.77. The van der Waals surface area contributed by atoms with E-state index in [4.69, 9.17) is 4.74 Å². The van der Waals surface area contributed by atoms with E-state index in [1.165, 1.54) is 18.7 Å². The van der Waals surface area contributed by atoms with Crippen LogP contribution in [0.3, 0.4) is 0 Å². The SMILES string of the molecule is COC(=O)/C=C\c1ccc2c(c1)CCC(C)(C)O2. The maximum Gasteiger partial charge on any atom is 0.330 e. The number of fused-ring (bicyclic) bond motifs is 1. The van der Waals surface area contributed by atoms with Gasteiger partial charge in [0.1, 0.15) is 11.4 Å². The summed E-state index contributed by atoms with van der Waals surface area (Å²) < 4.78 is 10.5. The van der Waals surface area contributed by atoms with Crippen molar-refractivity contribution < 1.29 is 14.3 Å². The molecule has 0 spiro atoms. The number of hydrogen-bond acceptors (Lipinski definition) is 3. The molecule has 1 aromatic rings. The molecule has 1 heterocycles. The predicted molar refractivity (Wildman–Crippen MR) is 70.5 cm³/mol. The van der Waals surface area contributed by atoms with E-state index < -0.39 is 0 Å². The number of benzene rings is 1. The van der Waals surface area contributed by atoms with Crippen molar-refractivity contribution in [2.75, 3.05) is 7.11 Å². The average molecular weight is 246 g/mol. The van der Waals surface area contributed by atoms with Crippen LogP contribution in [0.25, 0.3) is 6.08 Å². The molecule has 0 aliphatic carbocycles. The minimum absolute atomic E-state index is 0.0869. The summed E-state index contributed by atoms with van der Waals surface area (Å²) in [7, 11) is 1.37. The molecule has 0 fully saturated rings. The molecule has 1 aromatic carbocycles. The molecule has 3 heteroatoms. The van der Waals surface area contributed by atoms with E-state index in [1.807, 2.05) is 12.1 Å². The Balaban J connectivity index is 2.19. The van der Waals surface area contributed by atoms with Gasteiger partial charge in [-0.1, -0.05) is 6.07 Å². The second-order valence-electron chi connectivity index (χ2n) is 5.09. The molecule has 0 amide bonds. The fourth-order valence-corrected chi connectivity index (χ4v) is 2.01. The standard InChI is InChI=1S/C15H18O3/c1-15(2)9-8-12-10-11(4-6-13(12)18-15)5-7-14(16)17-3/h4-7,10H,8-9H2,1-3H3/b7-5-. The number of rotatable bonds is 2. The van der Waals surface area contributed by atoms with Crippen LogP contribution in [-0.2, 0) is 16.0 Å². The Morgan fingerprint density at radius 3 is 2.94 bits per heavy atom. The number of carbonyl (C=O) groups is 1. The molecular formula is C15H18O3. The number of carbonyl (C=O) groups excluding carboxylic acids is 1. The summed E-state index contributed by atoms with van der Waals surface area (Å²) in [5.41, 5.74) is 2.10. The van der Waals surface area contributed by atoms with Gasteiger partial charge in [0.15, 0.2) is 0 Å². The van der Waals surface area contributed by atoms with E-state index >= 15 is 0 Å². The molecule has 96 valence electrons. The summed E-state index contributed by atoms with van der Waals surface area (Å²) in [6.07, 6.45) is 5.19. The first-order valence-corrected chi connectivity index (χ1v) is 6.08. The van der Waals surface area contributed by atoms with Crippen molar-refractivity contribution in [3.8, 4) is 5.75 Å². The lowest BCUT2D eigenvalue weighted by Crippen LogP contribution is -2.32. The Morgan fingerprint density at radius 1 is 1.44 bits per heavy atom. The van der Waals surface area contributed by atoms with Crippen molar-refractivity contribution in [3.63, 3.8) is 0 Å². The lowest BCUT2D eigenvalue weighted by atomic mass is 9.93. The van der Waals surface area contributed by atoms with Gasteiger partial charge >= 0.3 is 5.97 Å². The third-order valence-electron chi connectivity index (χ3n) is 3.08. The zero-order chi connectivity index (χ0) is 13.2. The highest BCUT2D eigenvalue weighted by Gasteiger charge is 2.26. The van der Waals surface area contributed by atoms with Gasteiger partial charge in [0.25, 0.3) is 0 Å². The van der Waals surface area contributed by atoms with Crippen molar-refractivity contribution in [3.05, 3.63) is 35.4 Å². The average Bonchev–Trinajstić information content (AvgIpc) is 2.35. The van der Waals surface area contributed by atoms with E-state index in [0.717, 1.165) is 24.2 Å². The molecule has 0 radical (unpaired) electrons. The van der Waals surface area contributed by atoms with Gasteiger partial charge in [-0.3, -0.25) is 0 Å². The summed E-state index contributed by atoms with van der Waals surface area (Å²) in [4.78, 5) is 11.0. The normalized spacial score (nSPS) is 17.1. The maximum absolute atomic E-state index is 11.0. The van der Waals surface area contributed by atoms with Gasteiger partial charge in [0.2, 0.25) is 0 Å². The molecule has 2 rings (SSSR count). The number of esters is 1. The van der Waals surface area contributed by atoms with Gasteiger partial charge in [0.05, 0.1) is 7.11 Å². The van der Waals surface area contributed by atoms with Gasteiger partial charge in [-0.05, 0) is 56.0 Å². The van der Waals surface area contributed by atoms with Crippen molar-refractivity contribution in [2.24, 2.45) is 0 Å². The van der Waals surface area contributed by atoms with Crippen LogP contribution >= 0.6 is 0 Å². The second-order valence-corrected chi connectivity index (χ2v) is 5.09. The zero-order valence-electron chi connectivity index (χ0n) is 11.0. The van der Waals surface area contributed by atoms with E-state index in [0.29, 0.717) is 0 Å². The molecule has 0 saturated carbocycles. The fraction of sp³-hybridized carbons (Fsp3) is 0.400. The van der Waals surface area contributed by atoms with Crippen molar-refractivity contribution in [1.82, 2.24) is 0 Å². The van der Waals surface area contributed by atoms with Crippen LogP contribution in [0, 0.1) is 0 Å². The molecule has 0 bridgehead atoms. The van der Waals surface area contributed by atoms with Crippen molar-refractivity contribution >= 4 is 12.0 Å². The van der Waals surface area contributed by atoms with Gasteiger partial charge in [0, 0.05) is 6.08 Å². The van der Waals surface area contributed by atoms with Crippen LogP contribution in [-0.4, -0.2) is 18.7 Å². The van der Waals surface area contributed by atoms with Crippen LogP contribution in [0.1, 0.15) is 31.4 Å². The molecule has 0 N–H and O–H groups in total. The van der Waals surface area contributed by atoms with Crippen LogP contribution in [0.5, 0.6) is 5.75 Å². The Bertz CT molecular complexity index is 487. The molecule has 0 saturated heterocycles. The number of methoxy groups -OCH3 is 1. The summed E-state index contributed by atoms with van der Waals surface area (Å²) >= 11 is 0. The molecular weight excluding hydrogens is 228 g/mol. The molecule has 18 heavy (non-hydrogen) atoms. The van der Waals surface area contributed by atoms with E-state index in [-0.39, 0.29) is 11.6 Å². The largest absolute Gasteiger partial charge is 0.488 e. The third-order valence-corrected chi connectivity index (χ3v) is 3.08. The molecule has 0 atom stereocenters. The quantitative estimate of drug-likeness (QED) is 0.594. The van der Waals surface area contributed by atoms with Crippen molar-refractivity contribution in [2.45, 2.75) is 32.3 Å². The van der Waals surface area contributed by atoms with Crippen LogP contribution in [0.4, 0.5) is 0 Å². The number of aryl methyl sites for hydroxylation is 1. The number of ether oxygens (including phenoxy) is 2. The monoisotopic (exact) mass is 246 g/mol. The molecule has 3 nitrogen and oxygen atoms in total. The first-order valence-electron chi connectivity index (χ1n) is 6.08. The maximum atomic E-state index is 11.0. The van der Waals surface area contributed by atoms with E-state index in [9.17, 15) is 4.79 Å². The third kappa shape index (κ3) is 2.92. The molecule has 1 aliphatic rings.